The molecule has 2 aliphatic heterocycles. The topological polar surface area (TPSA) is 99.1 Å². The van der Waals surface area contributed by atoms with Crippen LogP contribution in [0, 0.1) is 23.0 Å². The molecule has 3 heterocycles. The van der Waals surface area contributed by atoms with Crippen LogP contribution in [0.2, 0.25) is 6.82 Å². The number of carbonyl (C=O) groups is 2. The lowest BCUT2D eigenvalue weighted by Crippen LogP contribution is -2.50. The van der Waals surface area contributed by atoms with E-state index in [-0.39, 0.29) is 42.8 Å². The number of rotatable bonds is 8. The van der Waals surface area contributed by atoms with Crippen molar-refractivity contribution >= 4 is 41.9 Å². The highest BCUT2D eigenvalue weighted by Crippen LogP contribution is 2.41. The zero-order valence-corrected chi connectivity index (χ0v) is 22.0. The molecule has 0 aliphatic carbocycles. The normalized spacial score (nSPS) is 17.6. The number of methoxy groups -OCH3 is 2. The molecule has 2 aliphatic rings. The summed E-state index contributed by atoms with van der Waals surface area (Å²) in [5, 5.41) is 8.15. The van der Waals surface area contributed by atoms with Gasteiger partial charge in [-0.2, -0.15) is 0 Å². The Balaban J connectivity index is 1.86. The predicted octanol–water partition coefficient (Wildman–Crippen LogP) is 3.93. The summed E-state index contributed by atoms with van der Waals surface area (Å²) >= 11 is 0. The van der Waals surface area contributed by atoms with Gasteiger partial charge in [-0.15, -0.1) is 5.98 Å². The van der Waals surface area contributed by atoms with Gasteiger partial charge in [0.1, 0.15) is 13.0 Å². The third kappa shape index (κ3) is 4.82. The highest BCUT2D eigenvalue weighted by Gasteiger charge is 2.39. The Morgan fingerprint density at radius 1 is 1.21 bits per heavy atom. The van der Waals surface area contributed by atoms with Gasteiger partial charge >= 0.3 is 6.03 Å². The number of nitrogens with one attached hydrogen (secondary N) is 1. The number of amides is 3. The molecule has 38 heavy (non-hydrogen) atoms. The van der Waals surface area contributed by atoms with Gasteiger partial charge in [0, 0.05) is 61.6 Å². The first-order valence-electron chi connectivity index (χ1n) is 12.1. The van der Waals surface area contributed by atoms with Crippen molar-refractivity contribution in [2.24, 2.45) is 5.92 Å². The summed E-state index contributed by atoms with van der Waals surface area (Å²) in [6.07, 6.45) is 1.79. The lowest BCUT2D eigenvalue weighted by Gasteiger charge is -2.38. The lowest BCUT2D eigenvalue weighted by atomic mass is 9.79. The number of aromatic nitrogens is 1. The molecule has 9 nitrogen and oxygen atoms in total. The molecule has 2 aromatic rings. The number of allylic oxidation sites excluding steroid dienone is 1. The maximum Gasteiger partial charge on any atom is 0.329 e. The second-order valence-electron chi connectivity index (χ2n) is 9.32. The fourth-order valence-corrected chi connectivity index (χ4v) is 4.85. The Morgan fingerprint density at radius 2 is 1.87 bits per heavy atom. The van der Waals surface area contributed by atoms with Gasteiger partial charge < -0.3 is 19.8 Å². The monoisotopic (exact) mass is 524 g/mol. The number of pyridine rings is 1. The first kappa shape index (κ1) is 27.1. The third-order valence-electron chi connectivity index (χ3n) is 6.74. The minimum absolute atomic E-state index is 0.0373. The zero-order chi connectivity index (χ0) is 27.7. The summed E-state index contributed by atoms with van der Waals surface area (Å²) in [6.45, 7) is 3.90. The van der Waals surface area contributed by atoms with E-state index >= 15 is 8.78 Å². The van der Waals surface area contributed by atoms with Crippen molar-refractivity contribution in [2.75, 3.05) is 44.2 Å². The summed E-state index contributed by atoms with van der Waals surface area (Å²) in [7, 11) is 5.96. The number of likely N-dealkylation sites (tertiary alicyclic amines) is 1. The van der Waals surface area contributed by atoms with Crippen LogP contribution in [-0.2, 0) is 11.3 Å². The van der Waals surface area contributed by atoms with E-state index in [0.29, 0.717) is 34.8 Å². The number of hydrogen-bond donors (Lipinski definition) is 1. The average Bonchev–Trinajstić information content (AvgIpc) is 3.21. The van der Waals surface area contributed by atoms with Crippen LogP contribution in [0.4, 0.5) is 25.0 Å². The Kier molecular flexibility index (Phi) is 7.70. The van der Waals surface area contributed by atoms with E-state index in [9.17, 15) is 9.59 Å². The molecule has 0 bridgehead atoms. The van der Waals surface area contributed by atoms with E-state index in [0.717, 1.165) is 11.0 Å². The number of nitrogens with zero attached hydrogens (tertiary/aromatic N) is 4. The van der Waals surface area contributed by atoms with Gasteiger partial charge in [0.25, 0.3) is 0 Å². The number of halogens is 2. The fourth-order valence-electron chi connectivity index (χ4n) is 4.85. The van der Waals surface area contributed by atoms with Crippen molar-refractivity contribution in [2.45, 2.75) is 26.7 Å². The van der Waals surface area contributed by atoms with Crippen LogP contribution in [0.15, 0.2) is 24.3 Å². The fraction of sp³-hybridized carbons (Fsp3) is 0.385. The first-order valence-corrected chi connectivity index (χ1v) is 12.1. The maximum atomic E-state index is 15.4. The molecular weight excluding hydrogens is 495 g/mol. The molecule has 1 N–H and O–H groups in total. The summed E-state index contributed by atoms with van der Waals surface area (Å²) in [5.74, 6) is -1.07. The largest absolute Gasteiger partial charge is 0.493 e. The predicted molar refractivity (Wildman–Crippen MR) is 141 cm³/mol. The molecule has 1 radical (unpaired) electrons. The molecule has 1 fully saturated rings. The summed E-state index contributed by atoms with van der Waals surface area (Å²) in [5.41, 5.74) is 1.82. The maximum absolute atomic E-state index is 15.4. The van der Waals surface area contributed by atoms with Gasteiger partial charge in [-0.05, 0) is 13.0 Å². The molecule has 1 unspecified atom stereocenters. The molecule has 12 heteroatoms. The molecule has 1 aromatic heterocycles. The van der Waals surface area contributed by atoms with Gasteiger partial charge in [-0.3, -0.25) is 19.6 Å². The molecule has 0 saturated carbocycles. The Morgan fingerprint density at radius 3 is 2.39 bits per heavy atom. The molecule has 4 rings (SSSR count). The number of hydrogen-bond acceptors (Lipinski definition) is 6. The Labute approximate surface area is 220 Å². The van der Waals surface area contributed by atoms with E-state index in [2.05, 4.69) is 4.98 Å². The van der Waals surface area contributed by atoms with E-state index in [1.165, 1.54) is 19.1 Å². The van der Waals surface area contributed by atoms with Crippen LogP contribution in [0.25, 0.3) is 5.57 Å². The number of carbonyl (C=O) groups excluding carboxylic acids is 2. The van der Waals surface area contributed by atoms with E-state index < -0.39 is 23.4 Å². The molecule has 199 valence electrons. The van der Waals surface area contributed by atoms with Crippen LogP contribution >= 0.6 is 0 Å². The zero-order valence-electron chi connectivity index (χ0n) is 22.0. The van der Waals surface area contributed by atoms with Crippen molar-refractivity contribution in [3.63, 3.8) is 0 Å². The summed E-state index contributed by atoms with van der Waals surface area (Å²) < 4.78 is 41.0. The van der Waals surface area contributed by atoms with Gasteiger partial charge in [-0.25, -0.2) is 13.6 Å². The molecular formula is C26H29BF2N5O4. The van der Waals surface area contributed by atoms with Crippen LogP contribution in [-0.4, -0.2) is 69.2 Å². The van der Waals surface area contributed by atoms with Gasteiger partial charge in [0.15, 0.2) is 23.1 Å². The second-order valence-corrected chi connectivity index (χ2v) is 9.32. The van der Waals surface area contributed by atoms with Crippen LogP contribution in [0.1, 0.15) is 24.6 Å². The smallest absolute Gasteiger partial charge is 0.329 e. The van der Waals surface area contributed by atoms with Crippen molar-refractivity contribution in [3.05, 3.63) is 47.2 Å². The van der Waals surface area contributed by atoms with Crippen LogP contribution in [0.5, 0.6) is 11.5 Å². The molecule has 1 saturated heterocycles. The average molecular weight is 524 g/mol. The van der Waals surface area contributed by atoms with Gasteiger partial charge in [-0.1, -0.05) is 6.82 Å². The molecule has 1 atom stereocenters. The van der Waals surface area contributed by atoms with Crippen LogP contribution in [0.3, 0.4) is 0 Å². The lowest BCUT2D eigenvalue weighted by molar-refractivity contribution is -0.126. The number of urea groups is 1. The molecule has 0 spiro atoms. The van der Waals surface area contributed by atoms with Gasteiger partial charge in [0.05, 0.1) is 32.1 Å². The number of anilines is 2. The van der Waals surface area contributed by atoms with Crippen molar-refractivity contribution in [1.82, 2.24) is 9.88 Å². The van der Waals surface area contributed by atoms with Crippen molar-refractivity contribution < 1.29 is 27.8 Å². The van der Waals surface area contributed by atoms with E-state index in [1.807, 2.05) is 6.82 Å². The standard InChI is InChI=1S/C26H29BF2N5O4/c1-14(30)17(9-27-2)18-7-19-16(10-31-18)13-34(25-23(28)20(37-4)8-21(38-5)24(25)29)26(36)33(19)12-15-6-22(35)32(3)11-15/h7-10,15,30H,6,11-13H2,1-5H3/b17-9+,30-14?. The van der Waals surface area contributed by atoms with Crippen molar-refractivity contribution in [3.8, 4) is 11.5 Å². The second kappa shape index (κ2) is 10.8. The van der Waals surface area contributed by atoms with Gasteiger partial charge in [0.2, 0.25) is 5.91 Å². The number of ether oxygens (including phenoxy) is 2. The number of fused-ring (bicyclic) bond motifs is 1. The highest BCUT2D eigenvalue weighted by molar-refractivity contribution is 6.45. The van der Waals surface area contributed by atoms with E-state index in [4.69, 9.17) is 14.9 Å². The minimum atomic E-state index is -1.04. The summed E-state index contributed by atoms with van der Waals surface area (Å²) in [6, 6.07) is 2.13. The Bertz CT molecular complexity index is 1310. The summed E-state index contributed by atoms with van der Waals surface area (Å²) in [4.78, 5) is 34.7. The molecule has 3 amide bonds. The third-order valence-corrected chi connectivity index (χ3v) is 6.74. The van der Waals surface area contributed by atoms with E-state index in [1.54, 1.807) is 44.4 Å². The number of benzene rings is 1. The molecule has 1 aromatic carbocycles. The van der Waals surface area contributed by atoms with Crippen molar-refractivity contribution in [1.29, 1.82) is 5.41 Å². The first-order chi connectivity index (χ1) is 18.1. The Hall–Kier alpha value is -3.96. The quantitative estimate of drug-likeness (QED) is 0.417. The van der Waals surface area contributed by atoms with Crippen LogP contribution < -0.4 is 19.3 Å². The highest BCUT2D eigenvalue weighted by atomic mass is 19.1. The minimum Gasteiger partial charge on any atom is -0.493 e. The SMILES string of the molecule is C[B]/C=C(\C(C)=N)c1cc2c(cn1)CN(c1c(F)c(OC)cc(OC)c1F)C(=O)N2CC1CC(=O)N(C)C1.